The molecular formula is CO3Ti. The zero-order chi connectivity index (χ0) is 4.71. The van der Waals surface area contributed by atoms with E-state index in [1.165, 1.54) is 0 Å². The fourth-order valence-corrected chi connectivity index (χ4v) is 0. The summed E-state index contributed by atoms with van der Waals surface area (Å²) in [5, 5.41) is 0. The van der Waals surface area contributed by atoms with Gasteiger partial charge in [-0.1, -0.05) is 0 Å². The molecule has 0 amide bonds. The Hall–Kier alpha value is 0.0543. The molecule has 0 aliphatic heterocycles. The zero-order valence-corrected chi connectivity index (χ0v) is 3.79. The molecule has 26 valence electrons. The first-order valence-corrected chi connectivity index (χ1v) is 1.89. The van der Waals surface area contributed by atoms with Crippen molar-refractivity contribution in [3.05, 3.63) is 6.65 Å². The normalized spacial score (nSPS) is 2.00. The fourth-order valence-electron chi connectivity index (χ4n) is 0. The molecule has 0 radical (unpaired) electrons. The monoisotopic (exact) mass is 108 g/mol. The quantitative estimate of drug-likeness (QED) is 0.243. The second kappa shape index (κ2) is 34.0. The molecule has 0 aliphatic carbocycles. The Morgan fingerprint density at radius 1 is 1.40 bits per heavy atom. The van der Waals surface area contributed by atoms with Crippen molar-refractivity contribution in [3.63, 3.8) is 0 Å². The van der Waals surface area contributed by atoms with Crippen molar-refractivity contribution in [2.45, 2.75) is 0 Å². The van der Waals surface area contributed by atoms with E-state index in [-0.39, 0.29) is 0 Å². The van der Waals surface area contributed by atoms with Crippen LogP contribution in [0.4, 0.5) is 0 Å². The van der Waals surface area contributed by atoms with Crippen LogP contribution in [0.5, 0.6) is 0 Å². The summed E-state index contributed by atoms with van der Waals surface area (Å²) in [7, 11) is 0. The summed E-state index contributed by atoms with van der Waals surface area (Å²) < 4.78 is 24.5. The second-order valence-electron chi connectivity index (χ2n) is 0.0833. The Bertz CT molecular complexity index is 49.2. The molecule has 3 nitrogen and oxygen atoms in total. The van der Waals surface area contributed by atoms with Crippen molar-refractivity contribution < 1.29 is 30.4 Å². The van der Waals surface area contributed by atoms with Crippen molar-refractivity contribution in [1.29, 1.82) is 0 Å². The van der Waals surface area contributed by atoms with Crippen LogP contribution in [0, 0.1) is 6.65 Å². The van der Waals surface area contributed by atoms with Gasteiger partial charge in [0.05, 0.1) is 0 Å². The van der Waals surface area contributed by atoms with Crippen LogP contribution in [0.25, 0.3) is 0 Å². The molecule has 0 aromatic rings. The summed E-state index contributed by atoms with van der Waals surface area (Å²) in [6, 6.07) is 0. The molecule has 0 atom stereocenters. The maximum absolute atomic E-state index is 8.50. The molecule has 0 saturated carbocycles. The van der Waals surface area contributed by atoms with Crippen LogP contribution in [-0.4, -0.2) is 0 Å². The second-order valence-corrected chi connectivity index (χ2v) is 0.344. The average molecular weight is 108 g/mol. The van der Waals surface area contributed by atoms with Crippen LogP contribution in [-0.2, 0) is 30.4 Å². The van der Waals surface area contributed by atoms with Gasteiger partial charge in [-0.2, -0.15) is 0 Å². The summed E-state index contributed by atoms with van der Waals surface area (Å²) in [6.45, 7) is 4.50. The average Bonchev–Trinajstić information content (AvgIpc) is 1.46. The summed E-state index contributed by atoms with van der Waals surface area (Å²) in [5.41, 5.74) is 0. The molecule has 0 saturated heterocycles. The van der Waals surface area contributed by atoms with Crippen LogP contribution in [0.15, 0.2) is 0 Å². The first kappa shape index (κ1) is 8.91. The fraction of sp³-hybridized carbons (Fsp3) is 0. The Labute approximate surface area is 37.7 Å². The number of hydrogen-bond acceptors (Lipinski definition) is 2. The first-order valence-electron chi connectivity index (χ1n) is 0.612. The van der Waals surface area contributed by atoms with E-state index in [4.69, 9.17) is 11.3 Å². The molecule has 0 spiro atoms. The van der Waals surface area contributed by atoms with Gasteiger partial charge in [-0.3, -0.25) is 0 Å². The van der Waals surface area contributed by atoms with E-state index < -0.39 is 19.1 Å². The van der Waals surface area contributed by atoms with E-state index in [0.29, 0.717) is 0 Å². The Morgan fingerprint density at radius 2 is 1.40 bits per heavy atom. The number of rotatable bonds is 0. The Balaban J connectivity index is 0. The minimum absolute atomic E-state index is 2.00. The van der Waals surface area contributed by atoms with Crippen LogP contribution in [0.3, 0.4) is 0 Å². The molecule has 0 N–H and O–H groups in total. The van der Waals surface area contributed by atoms with Gasteiger partial charge in [-0.25, -0.2) is 0 Å². The molecule has 0 bridgehead atoms. The molecule has 0 fully saturated rings. The van der Waals surface area contributed by atoms with E-state index in [1.807, 2.05) is 0 Å². The molecule has 0 heterocycles. The van der Waals surface area contributed by atoms with E-state index in [2.05, 4.69) is 6.65 Å². The van der Waals surface area contributed by atoms with Crippen molar-refractivity contribution in [2.75, 3.05) is 0 Å². The third-order valence-corrected chi connectivity index (χ3v) is 0. The predicted molar refractivity (Wildman–Crippen MR) is 5.30 cm³/mol. The summed E-state index contributed by atoms with van der Waals surface area (Å²) >= 11 is -2.00. The van der Waals surface area contributed by atoms with Gasteiger partial charge < -0.3 is 0 Å². The van der Waals surface area contributed by atoms with Gasteiger partial charge in [0.15, 0.2) is 0 Å². The predicted octanol–water partition coefficient (Wildman–Crippen LogP) is -0.278. The molecular weight excluding hydrogens is 108 g/mol. The first-order chi connectivity index (χ1) is 2.41. The minimum atomic E-state index is -2.00. The van der Waals surface area contributed by atoms with Crippen LogP contribution < -0.4 is 0 Å². The van der Waals surface area contributed by atoms with E-state index in [1.54, 1.807) is 0 Å². The van der Waals surface area contributed by atoms with E-state index in [0.717, 1.165) is 0 Å². The van der Waals surface area contributed by atoms with Crippen molar-refractivity contribution in [2.24, 2.45) is 0 Å². The third kappa shape index (κ3) is 5810. The third-order valence-electron chi connectivity index (χ3n) is 0. The topological polar surface area (TPSA) is 54.0 Å². The van der Waals surface area contributed by atoms with Gasteiger partial charge in [0.25, 0.3) is 0 Å². The number of hydrogen-bond donors (Lipinski definition) is 0. The molecule has 0 aliphatic rings. The summed E-state index contributed by atoms with van der Waals surface area (Å²) in [4.78, 5) is 0. The van der Waals surface area contributed by atoms with Gasteiger partial charge in [0, 0.05) is 0 Å². The van der Waals surface area contributed by atoms with E-state index >= 15 is 0 Å². The molecule has 0 aromatic carbocycles. The van der Waals surface area contributed by atoms with Crippen molar-refractivity contribution in [1.82, 2.24) is 0 Å². The zero-order valence-electron chi connectivity index (χ0n) is 2.22. The molecule has 5 heavy (non-hydrogen) atoms. The summed E-state index contributed by atoms with van der Waals surface area (Å²) in [6.07, 6.45) is 0. The van der Waals surface area contributed by atoms with E-state index in [9.17, 15) is 0 Å². The molecule has 0 rings (SSSR count). The Kier molecular flexibility index (Phi) is 60.6. The maximum atomic E-state index is 8.50. The van der Waals surface area contributed by atoms with Crippen LogP contribution in [0.1, 0.15) is 0 Å². The molecule has 4 heteroatoms. The van der Waals surface area contributed by atoms with Gasteiger partial charge >= 0.3 is 37.0 Å². The van der Waals surface area contributed by atoms with Crippen LogP contribution in [0.2, 0.25) is 0 Å². The SMILES string of the molecule is [C-]#[O+].[O]=[Ti]=[O]. The van der Waals surface area contributed by atoms with Gasteiger partial charge in [-0.15, -0.1) is 0 Å². The van der Waals surface area contributed by atoms with Gasteiger partial charge in [0.1, 0.15) is 0 Å². The van der Waals surface area contributed by atoms with Gasteiger partial charge in [-0.05, 0) is 0 Å². The molecule has 0 aromatic heterocycles. The van der Waals surface area contributed by atoms with Crippen molar-refractivity contribution >= 4 is 0 Å². The Morgan fingerprint density at radius 3 is 1.40 bits per heavy atom. The van der Waals surface area contributed by atoms with Crippen LogP contribution >= 0.6 is 0 Å². The summed E-state index contributed by atoms with van der Waals surface area (Å²) in [5.74, 6) is 0. The molecule has 0 unspecified atom stereocenters. The standard InChI is InChI=1S/CO.2O.Ti/c1-2;;;. The van der Waals surface area contributed by atoms with Gasteiger partial charge in [0.2, 0.25) is 0 Å². The van der Waals surface area contributed by atoms with Crippen molar-refractivity contribution in [3.8, 4) is 0 Å².